The lowest BCUT2D eigenvalue weighted by atomic mass is 9.83. The second-order valence-corrected chi connectivity index (χ2v) is 7.77. The standard InChI is InChI=1S/C21H27N5O2/c27-20(5-3-16-2-1-9-22-12-16)25-10-8-19-17(14-25)4-6-21(28)26(19)11-7-18-13-23-15-24-18/h1-2,9,12-13,15,17,19H,3-8,10-11,14H2,(H,23,24)/t17-,19+/m1/s1. The van der Waals surface area contributed by atoms with E-state index in [0.29, 0.717) is 18.8 Å². The first-order valence-corrected chi connectivity index (χ1v) is 10.1. The van der Waals surface area contributed by atoms with Crippen LogP contribution in [0.1, 0.15) is 36.9 Å². The van der Waals surface area contributed by atoms with Crippen molar-refractivity contribution < 1.29 is 9.59 Å². The minimum absolute atomic E-state index is 0.211. The number of aromatic amines is 1. The maximum Gasteiger partial charge on any atom is 0.222 e. The van der Waals surface area contributed by atoms with Crippen molar-refractivity contribution in [1.82, 2.24) is 24.8 Å². The van der Waals surface area contributed by atoms with E-state index in [2.05, 4.69) is 15.0 Å². The Morgan fingerprint density at radius 1 is 1.21 bits per heavy atom. The Kier molecular flexibility index (Phi) is 5.69. The Hall–Kier alpha value is -2.70. The molecule has 0 radical (unpaired) electrons. The summed E-state index contributed by atoms with van der Waals surface area (Å²) in [6.45, 7) is 2.22. The molecule has 0 saturated carbocycles. The number of hydrogen-bond donors (Lipinski definition) is 1. The van der Waals surface area contributed by atoms with Gasteiger partial charge in [0.1, 0.15) is 0 Å². The number of aromatic nitrogens is 3. The summed E-state index contributed by atoms with van der Waals surface area (Å²) in [6, 6.07) is 4.17. The molecule has 148 valence electrons. The average molecular weight is 381 g/mol. The molecule has 0 aliphatic carbocycles. The van der Waals surface area contributed by atoms with Gasteiger partial charge >= 0.3 is 0 Å². The Morgan fingerprint density at radius 2 is 2.14 bits per heavy atom. The third kappa shape index (κ3) is 4.24. The third-order valence-electron chi connectivity index (χ3n) is 6.02. The number of rotatable bonds is 6. The van der Waals surface area contributed by atoms with E-state index in [4.69, 9.17) is 0 Å². The van der Waals surface area contributed by atoms with Gasteiger partial charge in [-0.2, -0.15) is 0 Å². The molecule has 2 aromatic rings. The molecule has 2 saturated heterocycles. The predicted octanol–water partition coefficient (Wildman–Crippen LogP) is 1.82. The fourth-order valence-electron chi connectivity index (χ4n) is 4.49. The van der Waals surface area contributed by atoms with Crippen LogP contribution in [0.25, 0.3) is 0 Å². The molecule has 0 spiro atoms. The number of piperidine rings is 2. The van der Waals surface area contributed by atoms with Gasteiger partial charge in [0.2, 0.25) is 11.8 Å². The summed E-state index contributed by atoms with van der Waals surface area (Å²) in [5.74, 6) is 0.843. The van der Waals surface area contributed by atoms with Crippen LogP contribution in [-0.4, -0.2) is 62.2 Å². The van der Waals surface area contributed by atoms with Crippen molar-refractivity contribution >= 4 is 11.8 Å². The number of pyridine rings is 1. The molecule has 0 bridgehead atoms. The van der Waals surface area contributed by atoms with Gasteiger partial charge in [0, 0.05) is 69.2 Å². The van der Waals surface area contributed by atoms with Gasteiger partial charge in [-0.3, -0.25) is 14.6 Å². The molecule has 2 aliphatic rings. The molecule has 1 N–H and O–H groups in total. The van der Waals surface area contributed by atoms with Crippen LogP contribution in [0.4, 0.5) is 0 Å². The highest BCUT2D eigenvalue weighted by Crippen LogP contribution is 2.31. The van der Waals surface area contributed by atoms with Crippen molar-refractivity contribution in [1.29, 1.82) is 0 Å². The van der Waals surface area contributed by atoms with Gasteiger partial charge in [0.05, 0.1) is 6.33 Å². The molecule has 2 aliphatic heterocycles. The SMILES string of the molecule is O=C(CCc1cccnc1)N1CC[C@H]2[C@H](CCC(=O)N2CCc2cnc[nH]2)C1. The monoisotopic (exact) mass is 381 g/mol. The van der Waals surface area contributed by atoms with Crippen LogP contribution < -0.4 is 0 Å². The van der Waals surface area contributed by atoms with Crippen LogP contribution in [0, 0.1) is 5.92 Å². The molecule has 7 nitrogen and oxygen atoms in total. The first-order chi connectivity index (χ1) is 13.7. The summed E-state index contributed by atoms with van der Waals surface area (Å²) in [4.78, 5) is 40.5. The number of fused-ring (bicyclic) bond motifs is 1. The Morgan fingerprint density at radius 3 is 2.93 bits per heavy atom. The predicted molar refractivity (Wildman–Crippen MR) is 104 cm³/mol. The van der Waals surface area contributed by atoms with E-state index in [1.165, 1.54) is 0 Å². The topological polar surface area (TPSA) is 82.2 Å². The average Bonchev–Trinajstić information content (AvgIpc) is 3.25. The largest absolute Gasteiger partial charge is 0.348 e. The lowest BCUT2D eigenvalue weighted by molar-refractivity contribution is -0.144. The fourth-order valence-corrected chi connectivity index (χ4v) is 4.49. The van der Waals surface area contributed by atoms with Gasteiger partial charge < -0.3 is 14.8 Å². The summed E-state index contributed by atoms with van der Waals surface area (Å²) >= 11 is 0. The number of nitrogens with one attached hydrogen (secondary N) is 1. The summed E-state index contributed by atoms with van der Waals surface area (Å²) in [5, 5.41) is 0. The molecule has 2 amide bonds. The fraction of sp³-hybridized carbons (Fsp3) is 0.524. The van der Waals surface area contributed by atoms with E-state index < -0.39 is 0 Å². The lowest BCUT2D eigenvalue weighted by Crippen LogP contribution is -2.57. The van der Waals surface area contributed by atoms with Gasteiger partial charge in [-0.1, -0.05) is 6.07 Å². The highest BCUT2D eigenvalue weighted by Gasteiger charge is 2.39. The number of imidazole rings is 1. The first kappa shape index (κ1) is 18.7. The van der Waals surface area contributed by atoms with Crippen molar-refractivity contribution in [3.05, 3.63) is 48.3 Å². The number of aryl methyl sites for hydroxylation is 1. The van der Waals surface area contributed by atoms with Crippen molar-refractivity contribution in [2.24, 2.45) is 5.92 Å². The highest BCUT2D eigenvalue weighted by atomic mass is 16.2. The zero-order valence-electron chi connectivity index (χ0n) is 16.1. The second-order valence-electron chi connectivity index (χ2n) is 7.77. The molecule has 2 aromatic heterocycles. The molecule has 0 aromatic carbocycles. The number of amides is 2. The number of carbonyl (C=O) groups is 2. The van der Waals surface area contributed by atoms with Crippen LogP contribution in [0.5, 0.6) is 0 Å². The van der Waals surface area contributed by atoms with Gasteiger partial charge in [0.15, 0.2) is 0 Å². The van der Waals surface area contributed by atoms with E-state index in [-0.39, 0.29) is 17.9 Å². The number of H-pyrrole nitrogens is 1. The summed E-state index contributed by atoms with van der Waals surface area (Å²) < 4.78 is 0. The number of hydrogen-bond acceptors (Lipinski definition) is 4. The van der Waals surface area contributed by atoms with Gasteiger partial charge in [-0.25, -0.2) is 4.98 Å². The van der Waals surface area contributed by atoms with Crippen LogP contribution in [0.2, 0.25) is 0 Å². The van der Waals surface area contributed by atoms with Crippen molar-refractivity contribution in [3.63, 3.8) is 0 Å². The highest BCUT2D eigenvalue weighted by molar-refractivity contribution is 5.78. The van der Waals surface area contributed by atoms with E-state index >= 15 is 0 Å². The summed E-state index contributed by atoms with van der Waals surface area (Å²) in [7, 11) is 0. The zero-order chi connectivity index (χ0) is 19.3. The van der Waals surface area contributed by atoms with Crippen LogP contribution in [-0.2, 0) is 22.4 Å². The van der Waals surface area contributed by atoms with Crippen LogP contribution >= 0.6 is 0 Å². The molecule has 4 heterocycles. The minimum Gasteiger partial charge on any atom is -0.348 e. The van der Waals surface area contributed by atoms with Gasteiger partial charge in [-0.05, 0) is 36.8 Å². The quantitative estimate of drug-likeness (QED) is 0.827. The number of likely N-dealkylation sites (tertiary alicyclic amines) is 2. The maximum absolute atomic E-state index is 12.7. The van der Waals surface area contributed by atoms with Gasteiger partial charge in [0.25, 0.3) is 0 Å². The molecular weight excluding hydrogens is 354 g/mol. The number of nitrogens with zero attached hydrogens (tertiary/aromatic N) is 4. The normalized spacial score (nSPS) is 22.2. The Labute approximate surface area is 165 Å². The molecule has 2 atom stereocenters. The first-order valence-electron chi connectivity index (χ1n) is 10.1. The van der Waals surface area contributed by atoms with Crippen LogP contribution in [0.3, 0.4) is 0 Å². The van der Waals surface area contributed by atoms with Crippen molar-refractivity contribution in [2.45, 2.75) is 44.6 Å². The summed E-state index contributed by atoms with van der Waals surface area (Å²) in [5.41, 5.74) is 2.15. The maximum atomic E-state index is 12.7. The van der Waals surface area contributed by atoms with E-state index in [1.54, 1.807) is 12.5 Å². The Balaban J connectivity index is 1.32. The molecule has 28 heavy (non-hydrogen) atoms. The van der Waals surface area contributed by atoms with E-state index in [1.807, 2.05) is 34.3 Å². The summed E-state index contributed by atoms with van der Waals surface area (Å²) in [6.07, 6.45) is 11.4. The third-order valence-corrected chi connectivity index (χ3v) is 6.02. The van der Waals surface area contributed by atoms with Crippen molar-refractivity contribution in [2.75, 3.05) is 19.6 Å². The lowest BCUT2D eigenvalue weighted by Gasteiger charge is -2.47. The smallest absolute Gasteiger partial charge is 0.222 e. The molecule has 2 fully saturated rings. The van der Waals surface area contributed by atoms with Gasteiger partial charge in [-0.15, -0.1) is 0 Å². The van der Waals surface area contributed by atoms with E-state index in [0.717, 1.165) is 56.6 Å². The number of carbonyl (C=O) groups excluding carboxylic acids is 2. The Bertz CT molecular complexity index is 792. The van der Waals surface area contributed by atoms with Crippen molar-refractivity contribution in [3.8, 4) is 0 Å². The molecule has 4 rings (SSSR count). The second kappa shape index (κ2) is 8.54. The zero-order valence-corrected chi connectivity index (χ0v) is 16.1. The van der Waals surface area contributed by atoms with Crippen LogP contribution in [0.15, 0.2) is 37.1 Å². The molecule has 7 heteroatoms. The minimum atomic E-state index is 0.211. The molecular formula is C21H27N5O2. The van der Waals surface area contributed by atoms with E-state index in [9.17, 15) is 9.59 Å². The molecule has 0 unspecified atom stereocenters.